The zero-order valence-corrected chi connectivity index (χ0v) is 12.1. The molecule has 108 valence electrons. The first kappa shape index (κ1) is 14.5. The Balaban J connectivity index is 2.12. The van der Waals surface area contributed by atoms with Crippen molar-refractivity contribution in [2.75, 3.05) is 6.54 Å². The van der Waals surface area contributed by atoms with Crippen LogP contribution in [0.4, 0.5) is 0 Å². The first-order chi connectivity index (χ1) is 8.95. The number of rotatable bonds is 5. The third-order valence-corrected chi connectivity index (χ3v) is 5.58. The van der Waals surface area contributed by atoms with E-state index in [4.69, 9.17) is 5.11 Å². The summed E-state index contributed by atoms with van der Waals surface area (Å²) in [5.74, 6) is 0.963. The molecule has 1 aromatic rings. The van der Waals surface area contributed by atoms with Gasteiger partial charge in [-0.2, -0.15) is 5.10 Å². The third-order valence-electron chi connectivity index (χ3n) is 3.95. The number of aliphatic hydroxyl groups excluding tert-OH is 1. The maximum atomic E-state index is 12.3. The fourth-order valence-electron chi connectivity index (χ4n) is 2.75. The molecule has 0 amide bonds. The van der Waals surface area contributed by atoms with Crippen molar-refractivity contribution < 1.29 is 13.5 Å². The molecular weight excluding hydrogens is 266 g/mol. The Morgan fingerprint density at radius 2 is 2.21 bits per heavy atom. The standard InChI is InChI=1S/C12H21N3O3S/c1-8-4-3-5-10(8)6-13-19(17,18)12-9(2)14-15-11(12)7-16/h8,10,13,16H,3-7H2,1-2H3,(H,14,15). The number of aliphatic hydroxyl groups is 1. The quantitative estimate of drug-likeness (QED) is 0.750. The number of nitrogens with one attached hydrogen (secondary N) is 2. The Hall–Kier alpha value is -0.920. The highest BCUT2D eigenvalue weighted by molar-refractivity contribution is 7.89. The lowest BCUT2D eigenvalue weighted by Gasteiger charge is -2.16. The molecule has 1 aromatic heterocycles. The smallest absolute Gasteiger partial charge is 0.244 e. The lowest BCUT2D eigenvalue weighted by molar-refractivity contribution is 0.273. The first-order valence-corrected chi connectivity index (χ1v) is 8.08. The zero-order valence-electron chi connectivity index (χ0n) is 11.3. The number of aryl methyl sites for hydroxylation is 1. The fraction of sp³-hybridized carbons (Fsp3) is 0.750. The molecular formula is C12H21N3O3S. The van der Waals surface area contributed by atoms with E-state index in [-0.39, 0.29) is 17.2 Å². The summed E-state index contributed by atoms with van der Waals surface area (Å²) in [6.45, 7) is 3.87. The number of hydrogen-bond donors (Lipinski definition) is 3. The van der Waals surface area contributed by atoms with Gasteiger partial charge in [0.25, 0.3) is 0 Å². The van der Waals surface area contributed by atoms with Crippen LogP contribution in [-0.2, 0) is 16.6 Å². The van der Waals surface area contributed by atoms with Gasteiger partial charge in [-0.05, 0) is 25.2 Å². The summed E-state index contributed by atoms with van der Waals surface area (Å²) in [6, 6.07) is 0. The fourth-order valence-corrected chi connectivity index (χ4v) is 4.19. The predicted octanol–water partition coefficient (Wildman–Crippen LogP) is 0.925. The van der Waals surface area contributed by atoms with Gasteiger partial charge >= 0.3 is 0 Å². The van der Waals surface area contributed by atoms with Gasteiger partial charge in [0.2, 0.25) is 10.0 Å². The molecule has 0 radical (unpaired) electrons. The van der Waals surface area contributed by atoms with Crippen LogP contribution in [0.1, 0.15) is 37.6 Å². The zero-order chi connectivity index (χ0) is 14.0. The van der Waals surface area contributed by atoms with Crippen LogP contribution in [0.5, 0.6) is 0 Å². The molecule has 1 fully saturated rings. The van der Waals surface area contributed by atoms with E-state index in [9.17, 15) is 8.42 Å². The average molecular weight is 287 g/mol. The Labute approximate surface area is 113 Å². The molecule has 1 saturated carbocycles. The molecule has 2 unspecified atom stereocenters. The van der Waals surface area contributed by atoms with E-state index in [0.29, 0.717) is 24.1 Å². The van der Waals surface area contributed by atoms with Crippen LogP contribution >= 0.6 is 0 Å². The minimum absolute atomic E-state index is 0.0839. The lowest BCUT2D eigenvalue weighted by atomic mass is 9.99. The Morgan fingerprint density at radius 1 is 1.47 bits per heavy atom. The van der Waals surface area contributed by atoms with Gasteiger partial charge in [0.15, 0.2) is 0 Å². The molecule has 2 rings (SSSR count). The summed E-state index contributed by atoms with van der Waals surface area (Å²) in [4.78, 5) is 0.0839. The van der Waals surface area contributed by atoms with Crippen molar-refractivity contribution in [1.82, 2.24) is 14.9 Å². The van der Waals surface area contributed by atoms with Crippen LogP contribution in [-0.4, -0.2) is 30.3 Å². The highest BCUT2D eigenvalue weighted by Gasteiger charge is 2.28. The van der Waals surface area contributed by atoms with E-state index >= 15 is 0 Å². The predicted molar refractivity (Wildman–Crippen MR) is 70.9 cm³/mol. The highest BCUT2D eigenvalue weighted by Crippen LogP contribution is 2.31. The summed E-state index contributed by atoms with van der Waals surface area (Å²) in [5, 5.41) is 15.5. The topological polar surface area (TPSA) is 95.1 Å². The average Bonchev–Trinajstić information content (AvgIpc) is 2.93. The molecule has 0 bridgehead atoms. The first-order valence-electron chi connectivity index (χ1n) is 6.60. The SMILES string of the molecule is Cc1[nH]nc(CO)c1S(=O)(=O)NCC1CCCC1C. The van der Waals surface area contributed by atoms with Gasteiger partial charge in [-0.15, -0.1) is 0 Å². The number of aromatic nitrogens is 2. The number of H-pyrrole nitrogens is 1. The van der Waals surface area contributed by atoms with Gasteiger partial charge in [-0.25, -0.2) is 13.1 Å². The maximum absolute atomic E-state index is 12.3. The minimum Gasteiger partial charge on any atom is -0.390 e. The largest absolute Gasteiger partial charge is 0.390 e. The van der Waals surface area contributed by atoms with E-state index in [1.54, 1.807) is 6.92 Å². The van der Waals surface area contributed by atoms with E-state index in [0.717, 1.165) is 6.42 Å². The van der Waals surface area contributed by atoms with Crippen LogP contribution in [0.2, 0.25) is 0 Å². The van der Waals surface area contributed by atoms with Crippen molar-refractivity contribution in [2.45, 2.75) is 44.6 Å². The number of sulfonamides is 1. The lowest BCUT2D eigenvalue weighted by Crippen LogP contribution is -2.31. The van der Waals surface area contributed by atoms with E-state index in [1.807, 2.05) is 0 Å². The van der Waals surface area contributed by atoms with Crippen molar-refractivity contribution in [1.29, 1.82) is 0 Å². The molecule has 0 saturated heterocycles. The second kappa shape index (κ2) is 5.60. The van der Waals surface area contributed by atoms with Crippen LogP contribution in [0.25, 0.3) is 0 Å². The molecule has 19 heavy (non-hydrogen) atoms. The summed E-state index contributed by atoms with van der Waals surface area (Å²) < 4.78 is 27.2. The van der Waals surface area contributed by atoms with Gasteiger partial charge in [0, 0.05) is 6.54 Å². The Bertz CT molecular complexity index is 538. The number of nitrogens with zero attached hydrogens (tertiary/aromatic N) is 1. The van der Waals surface area contributed by atoms with E-state index in [1.165, 1.54) is 12.8 Å². The van der Waals surface area contributed by atoms with Crippen molar-refractivity contribution >= 4 is 10.0 Å². The monoisotopic (exact) mass is 287 g/mol. The van der Waals surface area contributed by atoms with Crippen LogP contribution in [0, 0.1) is 18.8 Å². The molecule has 0 aliphatic heterocycles. The second-order valence-electron chi connectivity index (χ2n) is 5.30. The Morgan fingerprint density at radius 3 is 2.79 bits per heavy atom. The van der Waals surface area contributed by atoms with Crippen molar-refractivity contribution in [2.24, 2.45) is 11.8 Å². The van der Waals surface area contributed by atoms with Crippen molar-refractivity contribution in [3.8, 4) is 0 Å². The van der Waals surface area contributed by atoms with Gasteiger partial charge < -0.3 is 5.11 Å². The summed E-state index contributed by atoms with van der Waals surface area (Å²) in [7, 11) is -3.61. The van der Waals surface area contributed by atoms with Crippen molar-refractivity contribution in [3.63, 3.8) is 0 Å². The van der Waals surface area contributed by atoms with Gasteiger partial charge in [-0.3, -0.25) is 5.10 Å². The van der Waals surface area contributed by atoms with Crippen LogP contribution in [0.3, 0.4) is 0 Å². The summed E-state index contributed by atoms with van der Waals surface area (Å²) in [6.07, 6.45) is 3.40. The van der Waals surface area contributed by atoms with Crippen LogP contribution in [0.15, 0.2) is 4.90 Å². The van der Waals surface area contributed by atoms with Crippen LogP contribution < -0.4 is 4.72 Å². The van der Waals surface area contributed by atoms with E-state index < -0.39 is 10.0 Å². The number of hydrogen-bond acceptors (Lipinski definition) is 4. The summed E-state index contributed by atoms with van der Waals surface area (Å²) in [5.41, 5.74) is 0.625. The van der Waals surface area contributed by atoms with Crippen molar-refractivity contribution in [3.05, 3.63) is 11.4 Å². The molecule has 2 atom stereocenters. The third kappa shape index (κ3) is 2.98. The maximum Gasteiger partial charge on any atom is 0.244 e. The molecule has 1 heterocycles. The van der Waals surface area contributed by atoms with Gasteiger partial charge in [-0.1, -0.05) is 19.8 Å². The highest BCUT2D eigenvalue weighted by atomic mass is 32.2. The molecule has 1 aliphatic carbocycles. The molecule has 0 aromatic carbocycles. The summed E-state index contributed by atoms with van der Waals surface area (Å²) >= 11 is 0. The van der Waals surface area contributed by atoms with Gasteiger partial charge in [0.05, 0.1) is 12.3 Å². The second-order valence-corrected chi connectivity index (χ2v) is 7.01. The molecule has 0 spiro atoms. The minimum atomic E-state index is -3.61. The number of aromatic amines is 1. The normalized spacial score (nSPS) is 23.9. The molecule has 7 heteroatoms. The molecule has 1 aliphatic rings. The van der Waals surface area contributed by atoms with E-state index in [2.05, 4.69) is 21.8 Å². The molecule has 6 nitrogen and oxygen atoms in total. The van der Waals surface area contributed by atoms with Gasteiger partial charge in [0.1, 0.15) is 10.6 Å². The Kier molecular flexibility index (Phi) is 4.27. The molecule has 3 N–H and O–H groups in total.